The third kappa shape index (κ3) is 5.61. The number of hydrogen-bond donors (Lipinski definition) is 2. The summed E-state index contributed by atoms with van der Waals surface area (Å²) in [5, 5.41) is 5.44. The van der Waals surface area contributed by atoms with Gasteiger partial charge in [0.1, 0.15) is 5.75 Å². The zero-order valence-corrected chi connectivity index (χ0v) is 19.0. The highest BCUT2D eigenvalue weighted by molar-refractivity contribution is 6.07. The lowest BCUT2D eigenvalue weighted by molar-refractivity contribution is -0.118. The molecular weight excluding hydrogens is 430 g/mol. The number of anilines is 3. The van der Waals surface area contributed by atoms with Gasteiger partial charge in [0.2, 0.25) is 5.91 Å². The van der Waals surface area contributed by atoms with E-state index in [2.05, 4.69) is 16.7 Å². The Bertz CT molecular complexity index is 1190. The molecule has 1 heterocycles. The molecule has 1 aliphatic rings. The van der Waals surface area contributed by atoms with Crippen molar-refractivity contribution in [2.24, 2.45) is 0 Å². The molecule has 0 unspecified atom stereocenters. The highest BCUT2D eigenvalue weighted by Crippen LogP contribution is 2.28. The zero-order valence-electron chi connectivity index (χ0n) is 19.0. The van der Waals surface area contributed by atoms with Gasteiger partial charge in [0.05, 0.1) is 5.69 Å². The molecule has 1 aliphatic heterocycles. The van der Waals surface area contributed by atoms with Gasteiger partial charge >= 0.3 is 0 Å². The summed E-state index contributed by atoms with van der Waals surface area (Å²) in [7, 11) is 0. The lowest BCUT2D eigenvalue weighted by Gasteiger charge is -2.23. The molecule has 0 saturated carbocycles. The number of nitrogens with one attached hydrogen (secondary N) is 2. The molecule has 0 aromatic heterocycles. The molecule has 174 valence electrons. The number of rotatable bonds is 6. The maximum Gasteiger partial charge on any atom is 0.262 e. The highest BCUT2D eigenvalue weighted by atomic mass is 16.5. The molecule has 0 fully saturated rings. The molecule has 0 bridgehead atoms. The fraction of sp³-hybridized carbons (Fsp3) is 0.222. The fourth-order valence-corrected chi connectivity index (χ4v) is 3.98. The minimum Gasteiger partial charge on any atom is -0.482 e. The second-order valence-electron chi connectivity index (χ2n) is 8.13. The van der Waals surface area contributed by atoms with Crippen LogP contribution in [0.4, 0.5) is 17.1 Å². The van der Waals surface area contributed by atoms with E-state index in [9.17, 15) is 14.4 Å². The molecule has 0 spiro atoms. The van der Waals surface area contributed by atoms with Crippen LogP contribution in [0.3, 0.4) is 0 Å². The Hall–Kier alpha value is -4.13. The van der Waals surface area contributed by atoms with E-state index >= 15 is 0 Å². The molecule has 0 radical (unpaired) electrons. The second kappa shape index (κ2) is 10.7. The number of ether oxygens (including phenoxy) is 1. The van der Waals surface area contributed by atoms with Crippen molar-refractivity contribution in [2.75, 3.05) is 28.7 Å². The van der Waals surface area contributed by atoms with E-state index in [0.29, 0.717) is 29.2 Å². The zero-order chi connectivity index (χ0) is 23.9. The summed E-state index contributed by atoms with van der Waals surface area (Å²) in [5.74, 6) is -0.214. The smallest absolute Gasteiger partial charge is 0.262 e. The number of amides is 3. The summed E-state index contributed by atoms with van der Waals surface area (Å²) in [5.41, 5.74) is 3.80. The van der Waals surface area contributed by atoms with Gasteiger partial charge in [-0.25, -0.2) is 0 Å². The van der Waals surface area contributed by atoms with Crippen molar-refractivity contribution in [3.63, 3.8) is 0 Å². The molecule has 3 aromatic carbocycles. The Kier molecular flexibility index (Phi) is 7.22. The topological polar surface area (TPSA) is 87.7 Å². The van der Waals surface area contributed by atoms with Gasteiger partial charge in [-0.2, -0.15) is 0 Å². The number of para-hydroxylation sites is 3. The maximum atomic E-state index is 13.2. The third-order valence-corrected chi connectivity index (χ3v) is 5.58. The first kappa shape index (κ1) is 23.0. The average molecular weight is 458 g/mol. The molecule has 3 aromatic rings. The normalized spacial score (nSPS) is 12.8. The first-order valence-electron chi connectivity index (χ1n) is 11.3. The summed E-state index contributed by atoms with van der Waals surface area (Å²) >= 11 is 0. The fourth-order valence-electron chi connectivity index (χ4n) is 3.98. The van der Waals surface area contributed by atoms with Gasteiger partial charge in [0.25, 0.3) is 11.8 Å². The summed E-state index contributed by atoms with van der Waals surface area (Å²) in [4.78, 5) is 38.7. The molecule has 4 rings (SSSR count). The summed E-state index contributed by atoms with van der Waals surface area (Å²) in [6.45, 7) is 1.87. The van der Waals surface area contributed by atoms with Crippen LogP contribution in [0.2, 0.25) is 0 Å². The van der Waals surface area contributed by atoms with Crippen LogP contribution in [0.15, 0.2) is 72.8 Å². The van der Waals surface area contributed by atoms with Crippen LogP contribution in [0.1, 0.15) is 35.7 Å². The van der Waals surface area contributed by atoms with Crippen LogP contribution in [0.5, 0.6) is 5.75 Å². The van der Waals surface area contributed by atoms with Crippen LogP contribution in [-0.4, -0.2) is 30.9 Å². The average Bonchev–Trinajstić information content (AvgIpc) is 3.06. The van der Waals surface area contributed by atoms with Crippen LogP contribution in [0, 0.1) is 0 Å². The van der Waals surface area contributed by atoms with Gasteiger partial charge in [-0.15, -0.1) is 0 Å². The Labute approximate surface area is 198 Å². The minimum absolute atomic E-state index is 0.0508. The van der Waals surface area contributed by atoms with Gasteiger partial charge < -0.3 is 20.3 Å². The number of aryl methyl sites for hydroxylation is 1. The number of carbonyl (C=O) groups excluding carboxylic acids is 3. The molecule has 34 heavy (non-hydrogen) atoms. The van der Waals surface area contributed by atoms with E-state index in [4.69, 9.17) is 4.74 Å². The van der Waals surface area contributed by atoms with Crippen molar-refractivity contribution in [3.05, 3.63) is 83.9 Å². The van der Waals surface area contributed by atoms with Crippen LogP contribution in [0.25, 0.3) is 0 Å². The lowest BCUT2D eigenvalue weighted by Crippen LogP contribution is -2.31. The molecule has 0 aliphatic carbocycles. The lowest BCUT2D eigenvalue weighted by atomic mass is 10.1. The van der Waals surface area contributed by atoms with Crippen molar-refractivity contribution in [1.29, 1.82) is 0 Å². The molecule has 0 atom stereocenters. The summed E-state index contributed by atoms with van der Waals surface area (Å²) in [6, 6.07) is 21.8. The second-order valence-corrected chi connectivity index (χ2v) is 8.13. The van der Waals surface area contributed by atoms with Crippen molar-refractivity contribution >= 4 is 34.8 Å². The van der Waals surface area contributed by atoms with E-state index < -0.39 is 0 Å². The monoisotopic (exact) mass is 457 g/mol. The number of carbonyl (C=O) groups is 3. The van der Waals surface area contributed by atoms with Crippen molar-refractivity contribution < 1.29 is 19.1 Å². The molecule has 2 N–H and O–H groups in total. The van der Waals surface area contributed by atoms with Crippen LogP contribution in [-0.2, 0) is 16.0 Å². The number of hydrogen-bond acceptors (Lipinski definition) is 4. The Morgan fingerprint density at radius 1 is 0.882 bits per heavy atom. The highest BCUT2D eigenvalue weighted by Gasteiger charge is 2.22. The van der Waals surface area contributed by atoms with Gasteiger partial charge in [0, 0.05) is 30.4 Å². The van der Waals surface area contributed by atoms with E-state index in [-0.39, 0.29) is 24.3 Å². The van der Waals surface area contributed by atoms with Gasteiger partial charge in [-0.3, -0.25) is 14.4 Å². The molecule has 0 saturated heterocycles. The first-order chi connectivity index (χ1) is 16.5. The third-order valence-electron chi connectivity index (χ3n) is 5.58. The SMILES string of the molecule is CC(=O)Nc1ccccc1OCC(=O)Nc1ccc(C(=O)N2CCCCc3ccccc32)cc1. The standard InChI is InChI=1S/C27H27N3O4/c1-19(31)28-23-10-3-5-12-25(23)34-18-26(32)29-22-15-13-21(14-16-22)27(33)30-17-7-6-9-20-8-2-4-11-24(20)30/h2-5,8,10-16H,6-7,9,17-18H2,1H3,(H,28,31)(H,29,32). The Balaban J connectivity index is 1.37. The predicted octanol–water partition coefficient (Wildman–Crippen LogP) is 4.65. The summed E-state index contributed by atoms with van der Waals surface area (Å²) < 4.78 is 5.57. The number of nitrogens with zero attached hydrogens (tertiary/aromatic N) is 1. The molecule has 7 nitrogen and oxygen atoms in total. The van der Waals surface area contributed by atoms with Gasteiger partial charge in [-0.05, 0) is 67.3 Å². The van der Waals surface area contributed by atoms with Crippen LogP contribution < -0.4 is 20.3 Å². The van der Waals surface area contributed by atoms with E-state index in [1.165, 1.54) is 12.5 Å². The van der Waals surface area contributed by atoms with Gasteiger partial charge in [0.15, 0.2) is 6.61 Å². The Morgan fingerprint density at radius 2 is 1.62 bits per heavy atom. The van der Waals surface area contributed by atoms with Crippen molar-refractivity contribution in [1.82, 2.24) is 0 Å². The molecular formula is C27H27N3O4. The van der Waals surface area contributed by atoms with Gasteiger partial charge in [-0.1, -0.05) is 30.3 Å². The van der Waals surface area contributed by atoms with Crippen LogP contribution >= 0.6 is 0 Å². The summed E-state index contributed by atoms with van der Waals surface area (Å²) in [6.07, 6.45) is 2.99. The molecule has 7 heteroatoms. The maximum absolute atomic E-state index is 13.2. The first-order valence-corrected chi connectivity index (χ1v) is 11.3. The van der Waals surface area contributed by atoms with Crippen molar-refractivity contribution in [2.45, 2.75) is 26.2 Å². The largest absolute Gasteiger partial charge is 0.482 e. The van der Waals surface area contributed by atoms with Crippen molar-refractivity contribution in [3.8, 4) is 5.75 Å². The Morgan fingerprint density at radius 3 is 2.41 bits per heavy atom. The molecule has 3 amide bonds. The van der Waals surface area contributed by atoms with E-state index in [1.54, 1.807) is 48.5 Å². The minimum atomic E-state index is -0.349. The number of fused-ring (bicyclic) bond motifs is 1. The van der Waals surface area contributed by atoms with E-state index in [0.717, 1.165) is 24.9 Å². The van der Waals surface area contributed by atoms with E-state index in [1.807, 2.05) is 23.1 Å². The predicted molar refractivity (Wildman–Crippen MR) is 132 cm³/mol. The quantitative estimate of drug-likeness (QED) is 0.564. The number of benzene rings is 3.